The molecule has 2 aromatic carbocycles. The quantitative estimate of drug-likeness (QED) is 0.234. The zero-order valence-corrected chi connectivity index (χ0v) is 22.2. The normalized spacial score (nSPS) is 11.2. The van der Waals surface area contributed by atoms with Crippen LogP contribution in [0.15, 0.2) is 78.3 Å². The molecule has 0 saturated carbocycles. The number of imidazole rings is 1. The van der Waals surface area contributed by atoms with E-state index in [-0.39, 0.29) is 48.8 Å². The van der Waals surface area contributed by atoms with Crippen molar-refractivity contribution >= 4 is 56.4 Å². The summed E-state index contributed by atoms with van der Waals surface area (Å²) in [5.74, 6) is -0.277. The number of rotatable bonds is 10. The molecule has 1 amide bonds. The first kappa shape index (κ1) is 26.7. The molecular formula is C24H20Cl3N5O4S. The molecule has 0 unspecified atom stereocenters. The molecule has 4 rings (SSSR count). The summed E-state index contributed by atoms with van der Waals surface area (Å²) in [7, 11) is -4.10. The number of sulfonamides is 1. The Morgan fingerprint density at radius 1 is 1.05 bits per heavy atom. The maximum absolute atomic E-state index is 13.0. The lowest BCUT2D eigenvalue weighted by atomic mass is 10.2. The fourth-order valence-electron chi connectivity index (χ4n) is 3.25. The summed E-state index contributed by atoms with van der Waals surface area (Å²) in [6.07, 6.45) is 7.24. The molecule has 0 atom stereocenters. The highest BCUT2D eigenvalue weighted by Gasteiger charge is 2.21. The maximum Gasteiger partial charge on any atom is 0.262 e. The highest BCUT2D eigenvalue weighted by Crippen LogP contribution is 2.33. The molecule has 0 saturated heterocycles. The van der Waals surface area contributed by atoms with Gasteiger partial charge in [-0.25, -0.2) is 18.4 Å². The second-order valence-corrected chi connectivity index (χ2v) is 10.6. The van der Waals surface area contributed by atoms with E-state index in [2.05, 4.69) is 20.0 Å². The number of anilines is 1. The van der Waals surface area contributed by atoms with Crippen LogP contribution >= 0.6 is 34.8 Å². The molecule has 9 nitrogen and oxygen atoms in total. The number of carbonyl (C=O) groups excluding carboxylic acids is 1. The summed E-state index contributed by atoms with van der Waals surface area (Å²) in [4.78, 5) is 20.8. The highest BCUT2D eigenvalue weighted by molar-refractivity contribution is 7.92. The van der Waals surface area contributed by atoms with Crippen LogP contribution in [0.5, 0.6) is 11.6 Å². The molecule has 192 valence electrons. The van der Waals surface area contributed by atoms with Crippen molar-refractivity contribution in [2.45, 2.75) is 17.9 Å². The van der Waals surface area contributed by atoms with Crippen LogP contribution in [-0.2, 0) is 16.6 Å². The monoisotopic (exact) mass is 579 g/mol. The van der Waals surface area contributed by atoms with Gasteiger partial charge in [0, 0.05) is 31.7 Å². The van der Waals surface area contributed by atoms with E-state index in [1.54, 1.807) is 36.8 Å². The predicted molar refractivity (Wildman–Crippen MR) is 142 cm³/mol. The number of para-hydroxylation sites is 1. The Balaban J connectivity index is 1.52. The lowest BCUT2D eigenvalue weighted by Crippen LogP contribution is -2.25. The molecule has 0 spiro atoms. The minimum absolute atomic E-state index is 0.0332. The Labute approximate surface area is 228 Å². The van der Waals surface area contributed by atoms with Crippen LogP contribution in [0.3, 0.4) is 0 Å². The Morgan fingerprint density at radius 3 is 2.62 bits per heavy atom. The highest BCUT2D eigenvalue weighted by atomic mass is 35.5. The van der Waals surface area contributed by atoms with Gasteiger partial charge in [0.05, 0.1) is 31.9 Å². The Morgan fingerprint density at radius 2 is 1.86 bits per heavy atom. The maximum atomic E-state index is 13.0. The number of pyridine rings is 1. The van der Waals surface area contributed by atoms with Gasteiger partial charge in [-0.1, -0.05) is 46.9 Å². The van der Waals surface area contributed by atoms with Crippen molar-refractivity contribution in [1.82, 2.24) is 19.9 Å². The summed E-state index contributed by atoms with van der Waals surface area (Å²) in [5, 5.41) is 3.31. The molecule has 0 aliphatic carbocycles. The second kappa shape index (κ2) is 11.8. The van der Waals surface area contributed by atoms with Gasteiger partial charge in [-0.15, -0.1) is 0 Å². The molecule has 13 heteroatoms. The molecule has 37 heavy (non-hydrogen) atoms. The van der Waals surface area contributed by atoms with Gasteiger partial charge in [-0.05, 0) is 42.8 Å². The standard InChI is InChI=1S/C24H20Cl3N5O4S/c25-16-12-21(31-37(34,35)17-6-7-19(26)20(27)13-17)24(30-14-16)36-22-5-2-1-4-18(22)23(33)29-8-3-10-32-11-9-28-15-32/h1-2,4-7,9,11-15,31H,3,8,10H2,(H,29,33). The van der Waals surface area contributed by atoms with Crippen LogP contribution in [-0.4, -0.2) is 35.4 Å². The second-order valence-electron chi connectivity index (χ2n) is 7.70. The van der Waals surface area contributed by atoms with Gasteiger partial charge in [0.15, 0.2) is 0 Å². The zero-order valence-electron chi connectivity index (χ0n) is 19.1. The number of nitrogens with zero attached hydrogens (tertiary/aromatic N) is 3. The fraction of sp³-hybridized carbons (Fsp3) is 0.125. The zero-order chi connectivity index (χ0) is 26.4. The Bertz CT molecular complexity index is 1510. The van der Waals surface area contributed by atoms with Crippen LogP contribution in [0.2, 0.25) is 15.1 Å². The number of ether oxygens (including phenoxy) is 1. The average molecular weight is 581 g/mol. The molecule has 2 heterocycles. The molecule has 2 N–H and O–H groups in total. The van der Waals surface area contributed by atoms with E-state index in [1.807, 2.05) is 10.8 Å². The SMILES string of the molecule is O=C(NCCCn1ccnc1)c1ccccc1Oc1ncc(Cl)cc1NS(=O)(=O)c1ccc(Cl)c(Cl)c1. The van der Waals surface area contributed by atoms with Crippen LogP contribution < -0.4 is 14.8 Å². The third-order valence-corrected chi connectivity index (χ3v) is 7.35. The Kier molecular flexibility index (Phi) is 8.55. The summed E-state index contributed by atoms with van der Waals surface area (Å²) < 4.78 is 36.2. The minimum Gasteiger partial charge on any atom is -0.436 e. The Hall–Kier alpha value is -3.31. The van der Waals surface area contributed by atoms with E-state index >= 15 is 0 Å². The summed E-state index contributed by atoms with van der Waals surface area (Å²) in [6.45, 7) is 1.13. The summed E-state index contributed by atoms with van der Waals surface area (Å²) in [5.41, 5.74) is 0.217. The van der Waals surface area contributed by atoms with Gasteiger partial charge < -0.3 is 14.6 Å². The first-order valence-corrected chi connectivity index (χ1v) is 13.5. The van der Waals surface area contributed by atoms with Crippen LogP contribution in [0, 0.1) is 0 Å². The molecular weight excluding hydrogens is 561 g/mol. The third-order valence-electron chi connectivity index (χ3n) is 5.04. The lowest BCUT2D eigenvalue weighted by Gasteiger charge is -2.15. The predicted octanol–water partition coefficient (Wildman–Crippen LogP) is 5.65. The number of carbonyl (C=O) groups is 1. The number of aromatic nitrogens is 3. The van der Waals surface area contributed by atoms with Crippen molar-refractivity contribution in [2.75, 3.05) is 11.3 Å². The first-order chi connectivity index (χ1) is 17.7. The topological polar surface area (TPSA) is 115 Å². The van der Waals surface area contributed by atoms with Gasteiger partial charge in [-0.2, -0.15) is 0 Å². The van der Waals surface area contributed by atoms with Crippen molar-refractivity contribution in [1.29, 1.82) is 0 Å². The fourth-order valence-corrected chi connectivity index (χ4v) is 4.85. The van der Waals surface area contributed by atoms with E-state index in [1.165, 1.54) is 30.5 Å². The summed E-state index contributed by atoms with van der Waals surface area (Å²) >= 11 is 18.0. The summed E-state index contributed by atoms with van der Waals surface area (Å²) in [6, 6.07) is 11.8. The van der Waals surface area contributed by atoms with Crippen molar-refractivity contribution < 1.29 is 17.9 Å². The number of aryl methyl sites for hydroxylation is 1. The number of hydrogen-bond acceptors (Lipinski definition) is 6. The molecule has 0 aliphatic rings. The average Bonchev–Trinajstić information content (AvgIpc) is 3.39. The number of hydrogen-bond donors (Lipinski definition) is 2. The number of nitrogens with one attached hydrogen (secondary N) is 2. The van der Waals surface area contributed by atoms with E-state index in [0.717, 1.165) is 0 Å². The molecule has 0 aliphatic heterocycles. The van der Waals surface area contributed by atoms with E-state index in [0.29, 0.717) is 19.5 Å². The van der Waals surface area contributed by atoms with Crippen molar-refractivity contribution in [3.8, 4) is 11.6 Å². The molecule has 2 aromatic heterocycles. The number of halogens is 3. The van der Waals surface area contributed by atoms with Gasteiger partial charge in [-0.3, -0.25) is 9.52 Å². The third kappa shape index (κ3) is 6.92. The van der Waals surface area contributed by atoms with Gasteiger partial charge >= 0.3 is 0 Å². The van der Waals surface area contributed by atoms with Crippen molar-refractivity contribution in [3.05, 3.63) is 94.1 Å². The van der Waals surface area contributed by atoms with Gasteiger partial charge in [0.2, 0.25) is 5.88 Å². The van der Waals surface area contributed by atoms with E-state index < -0.39 is 10.0 Å². The number of benzene rings is 2. The molecule has 0 fully saturated rings. The smallest absolute Gasteiger partial charge is 0.262 e. The van der Waals surface area contributed by atoms with Crippen LogP contribution in [0.1, 0.15) is 16.8 Å². The van der Waals surface area contributed by atoms with Crippen LogP contribution in [0.25, 0.3) is 0 Å². The van der Waals surface area contributed by atoms with E-state index in [4.69, 9.17) is 39.5 Å². The van der Waals surface area contributed by atoms with Gasteiger partial charge in [0.25, 0.3) is 15.9 Å². The minimum atomic E-state index is -4.10. The molecule has 0 radical (unpaired) electrons. The first-order valence-electron chi connectivity index (χ1n) is 10.9. The number of amides is 1. The van der Waals surface area contributed by atoms with E-state index in [9.17, 15) is 13.2 Å². The molecule has 0 bridgehead atoms. The van der Waals surface area contributed by atoms with Crippen molar-refractivity contribution in [2.24, 2.45) is 0 Å². The molecule has 4 aromatic rings. The van der Waals surface area contributed by atoms with Crippen LogP contribution in [0.4, 0.5) is 5.69 Å². The van der Waals surface area contributed by atoms with Gasteiger partial charge in [0.1, 0.15) is 11.4 Å². The largest absolute Gasteiger partial charge is 0.436 e. The lowest BCUT2D eigenvalue weighted by molar-refractivity contribution is 0.0950. The van der Waals surface area contributed by atoms with Crippen molar-refractivity contribution in [3.63, 3.8) is 0 Å².